The normalized spacial score (nSPS) is 11.3. The van der Waals surface area contributed by atoms with E-state index in [1.54, 1.807) is 0 Å². The molecule has 0 spiro atoms. The monoisotopic (exact) mass is 427 g/mol. The van der Waals surface area contributed by atoms with Crippen LogP contribution in [0.3, 0.4) is 0 Å². The number of ether oxygens (including phenoxy) is 1. The third-order valence-electron chi connectivity index (χ3n) is 5.80. The molecule has 0 aliphatic carbocycles. The van der Waals surface area contributed by atoms with E-state index in [1.807, 2.05) is 0 Å². The fraction of sp³-hybridized carbons (Fsp3) is 0.962. The van der Waals surface area contributed by atoms with Crippen LogP contribution in [0, 0.1) is 0 Å². The Labute approximate surface area is 187 Å². The second-order valence-corrected chi connectivity index (χ2v) is 8.86. The average Bonchev–Trinajstić information content (AvgIpc) is 2.74. The van der Waals surface area contributed by atoms with Crippen LogP contribution in [-0.4, -0.2) is 36.9 Å². The van der Waals surface area contributed by atoms with Crippen molar-refractivity contribution in [3.05, 3.63) is 0 Å². The highest BCUT2D eigenvalue weighted by Gasteiger charge is 2.14. The topological polar surface area (TPSA) is 58.6 Å². The van der Waals surface area contributed by atoms with Gasteiger partial charge in [-0.1, -0.05) is 84.5 Å². The molecule has 0 amide bonds. The van der Waals surface area contributed by atoms with Gasteiger partial charge in [0.25, 0.3) is 0 Å². The molecule has 0 aromatic carbocycles. The fourth-order valence-corrected chi connectivity index (χ4v) is 3.84. The Bertz CT molecular complexity index is 333. The summed E-state index contributed by atoms with van der Waals surface area (Å²) in [5, 5.41) is 12.1. The van der Waals surface area contributed by atoms with Gasteiger partial charge < -0.3 is 15.2 Å². The van der Waals surface area contributed by atoms with Crippen molar-refractivity contribution in [2.45, 2.75) is 142 Å². The summed E-state index contributed by atoms with van der Waals surface area (Å²) < 4.78 is 5.88. The van der Waals surface area contributed by atoms with Crippen LogP contribution in [0.1, 0.15) is 136 Å². The molecule has 0 saturated carbocycles. The minimum atomic E-state index is 0.00482. The highest BCUT2D eigenvalue weighted by Crippen LogP contribution is 2.18. The van der Waals surface area contributed by atoms with Gasteiger partial charge in [0.15, 0.2) is 0 Å². The lowest BCUT2D eigenvalue weighted by Crippen LogP contribution is -2.19. The van der Waals surface area contributed by atoms with E-state index in [4.69, 9.17) is 9.84 Å². The minimum Gasteiger partial charge on any atom is -0.462 e. The van der Waals surface area contributed by atoms with Crippen LogP contribution in [0.4, 0.5) is 0 Å². The van der Waals surface area contributed by atoms with E-state index in [0.717, 1.165) is 51.6 Å². The van der Waals surface area contributed by atoms with Gasteiger partial charge in [-0.3, -0.25) is 4.79 Å². The Hall–Kier alpha value is -0.610. The maximum Gasteiger partial charge on any atom is 0.306 e. The molecule has 0 aliphatic heterocycles. The molecule has 0 radical (unpaired) electrons. The van der Waals surface area contributed by atoms with Crippen molar-refractivity contribution in [3.63, 3.8) is 0 Å². The van der Waals surface area contributed by atoms with E-state index >= 15 is 0 Å². The molecule has 0 aromatic heterocycles. The summed E-state index contributed by atoms with van der Waals surface area (Å²) in [6, 6.07) is 0. The van der Waals surface area contributed by atoms with Crippen molar-refractivity contribution >= 4 is 5.97 Å². The van der Waals surface area contributed by atoms with Crippen LogP contribution in [0.5, 0.6) is 0 Å². The zero-order valence-electron chi connectivity index (χ0n) is 20.4. The van der Waals surface area contributed by atoms with Crippen LogP contribution in [0.25, 0.3) is 0 Å². The van der Waals surface area contributed by atoms with E-state index in [9.17, 15) is 4.79 Å². The van der Waals surface area contributed by atoms with E-state index in [-0.39, 0.29) is 18.7 Å². The number of carbonyl (C=O) groups excluding carboxylic acids is 1. The Morgan fingerprint density at radius 2 is 1.20 bits per heavy atom. The summed E-state index contributed by atoms with van der Waals surface area (Å²) in [5.41, 5.74) is 0. The van der Waals surface area contributed by atoms with Crippen molar-refractivity contribution in [1.82, 2.24) is 5.32 Å². The average molecular weight is 428 g/mol. The van der Waals surface area contributed by atoms with E-state index in [1.165, 1.54) is 77.0 Å². The van der Waals surface area contributed by atoms with Crippen LogP contribution in [0.15, 0.2) is 0 Å². The molecular weight excluding hydrogens is 374 g/mol. The number of rotatable bonds is 24. The second kappa shape index (κ2) is 24.7. The number of esters is 1. The van der Waals surface area contributed by atoms with Gasteiger partial charge >= 0.3 is 5.97 Å². The van der Waals surface area contributed by atoms with Crippen molar-refractivity contribution in [1.29, 1.82) is 0 Å². The first-order valence-corrected chi connectivity index (χ1v) is 13.3. The second-order valence-electron chi connectivity index (χ2n) is 8.86. The van der Waals surface area contributed by atoms with Gasteiger partial charge in [0.2, 0.25) is 0 Å². The summed E-state index contributed by atoms with van der Waals surface area (Å²) >= 11 is 0. The van der Waals surface area contributed by atoms with Crippen molar-refractivity contribution in [2.75, 3.05) is 19.7 Å². The molecule has 0 heterocycles. The SMILES string of the molecule is CCCCCCCCC(CCCCCCCC)OC(=O)CCCCCNCCCO. The summed E-state index contributed by atoms with van der Waals surface area (Å²) in [7, 11) is 0. The number of carbonyl (C=O) groups is 1. The molecule has 0 atom stereocenters. The first kappa shape index (κ1) is 29.4. The maximum atomic E-state index is 12.3. The van der Waals surface area contributed by atoms with E-state index in [2.05, 4.69) is 19.2 Å². The van der Waals surface area contributed by atoms with Crippen LogP contribution in [0.2, 0.25) is 0 Å². The van der Waals surface area contributed by atoms with Crippen molar-refractivity contribution in [3.8, 4) is 0 Å². The van der Waals surface area contributed by atoms with Crippen molar-refractivity contribution in [2.24, 2.45) is 0 Å². The largest absolute Gasteiger partial charge is 0.462 e. The van der Waals surface area contributed by atoms with Gasteiger partial charge in [-0.2, -0.15) is 0 Å². The number of aliphatic hydroxyl groups excluding tert-OH is 1. The lowest BCUT2D eigenvalue weighted by atomic mass is 10.0. The summed E-state index contributed by atoms with van der Waals surface area (Å²) in [6.07, 6.45) is 22.1. The zero-order valence-corrected chi connectivity index (χ0v) is 20.4. The maximum absolute atomic E-state index is 12.3. The lowest BCUT2D eigenvalue weighted by molar-refractivity contribution is -0.150. The molecule has 0 aliphatic rings. The smallest absolute Gasteiger partial charge is 0.306 e. The molecule has 4 nitrogen and oxygen atoms in total. The van der Waals surface area contributed by atoms with Gasteiger partial charge in [-0.25, -0.2) is 0 Å². The predicted molar refractivity (Wildman–Crippen MR) is 129 cm³/mol. The van der Waals surface area contributed by atoms with Gasteiger partial charge in [-0.05, 0) is 58.0 Å². The zero-order chi connectivity index (χ0) is 22.1. The molecular formula is C26H53NO3. The van der Waals surface area contributed by atoms with Crippen LogP contribution in [-0.2, 0) is 9.53 Å². The highest BCUT2D eigenvalue weighted by atomic mass is 16.5. The first-order chi connectivity index (χ1) is 14.7. The Balaban J connectivity index is 3.96. The molecule has 180 valence electrons. The quantitative estimate of drug-likeness (QED) is 0.129. The van der Waals surface area contributed by atoms with Gasteiger partial charge in [0, 0.05) is 13.0 Å². The number of aliphatic hydroxyl groups is 1. The third kappa shape index (κ3) is 22.1. The highest BCUT2D eigenvalue weighted by molar-refractivity contribution is 5.69. The Morgan fingerprint density at radius 3 is 1.77 bits per heavy atom. The molecule has 0 unspecified atom stereocenters. The molecule has 0 saturated heterocycles. The number of hydrogen-bond acceptors (Lipinski definition) is 4. The standard InChI is InChI=1S/C26H53NO3/c1-3-5-7-9-11-14-19-25(20-15-12-10-8-6-4-2)30-26(29)21-16-13-17-22-27-23-18-24-28/h25,27-28H,3-24H2,1-2H3. The molecule has 0 aromatic rings. The summed E-state index contributed by atoms with van der Waals surface area (Å²) in [4.78, 5) is 12.3. The Morgan fingerprint density at radius 1 is 0.700 bits per heavy atom. The number of nitrogens with one attached hydrogen (secondary N) is 1. The first-order valence-electron chi connectivity index (χ1n) is 13.3. The van der Waals surface area contributed by atoms with E-state index in [0.29, 0.717) is 6.42 Å². The number of hydrogen-bond donors (Lipinski definition) is 2. The Kier molecular flexibility index (Phi) is 24.2. The lowest BCUT2D eigenvalue weighted by Gasteiger charge is -2.18. The minimum absolute atomic E-state index is 0.00482. The molecule has 2 N–H and O–H groups in total. The van der Waals surface area contributed by atoms with Gasteiger partial charge in [-0.15, -0.1) is 0 Å². The molecule has 0 rings (SSSR count). The molecule has 0 bridgehead atoms. The molecule has 4 heteroatoms. The molecule has 0 fully saturated rings. The van der Waals surface area contributed by atoms with Crippen molar-refractivity contribution < 1.29 is 14.6 Å². The predicted octanol–water partition coefficient (Wildman–Crippen LogP) is 6.93. The number of unbranched alkanes of at least 4 members (excludes halogenated alkanes) is 12. The van der Waals surface area contributed by atoms with Crippen LogP contribution >= 0.6 is 0 Å². The summed E-state index contributed by atoms with van der Waals surface area (Å²) in [5.74, 6) is 0.00482. The summed E-state index contributed by atoms with van der Waals surface area (Å²) in [6.45, 7) is 6.59. The van der Waals surface area contributed by atoms with Crippen LogP contribution < -0.4 is 5.32 Å². The van der Waals surface area contributed by atoms with Gasteiger partial charge in [0.1, 0.15) is 6.10 Å². The molecule has 30 heavy (non-hydrogen) atoms. The van der Waals surface area contributed by atoms with E-state index < -0.39 is 0 Å². The third-order valence-corrected chi connectivity index (χ3v) is 5.80. The van der Waals surface area contributed by atoms with Gasteiger partial charge in [0.05, 0.1) is 0 Å². The fourth-order valence-electron chi connectivity index (χ4n) is 3.84.